The Bertz CT molecular complexity index is 1210. The highest BCUT2D eigenvalue weighted by Gasteiger charge is 2.16. The van der Waals surface area contributed by atoms with E-state index in [1.54, 1.807) is 14.2 Å². The van der Waals surface area contributed by atoms with Crippen molar-refractivity contribution in [3.05, 3.63) is 72.4 Å². The smallest absolute Gasteiger partial charge is 0.213 e. The molecular weight excluding hydrogens is 428 g/mol. The summed E-state index contributed by atoms with van der Waals surface area (Å²) in [6.45, 7) is 8.52. The van der Waals surface area contributed by atoms with Gasteiger partial charge in [0, 0.05) is 32.4 Å². The molecule has 0 N–H and O–H groups in total. The molecule has 2 aromatic heterocycles. The number of nitrogens with zero attached hydrogens (tertiary/aromatic N) is 2. The summed E-state index contributed by atoms with van der Waals surface area (Å²) in [6, 6.07) is 21.5. The van der Waals surface area contributed by atoms with Crippen LogP contribution in [0.25, 0.3) is 22.2 Å². The summed E-state index contributed by atoms with van der Waals surface area (Å²) in [5.74, 6) is 2.37. The summed E-state index contributed by atoms with van der Waals surface area (Å²) in [4.78, 5) is 4.92. The molecule has 0 saturated heterocycles. The molecule has 0 aliphatic heterocycles. The van der Waals surface area contributed by atoms with Crippen LogP contribution in [-0.4, -0.2) is 38.5 Å². The molecule has 0 aliphatic carbocycles. The van der Waals surface area contributed by atoms with Crippen LogP contribution in [0.15, 0.2) is 66.9 Å². The lowest BCUT2D eigenvalue weighted by atomic mass is 10.1. The van der Waals surface area contributed by atoms with Crippen molar-refractivity contribution >= 4 is 19.1 Å². The van der Waals surface area contributed by atoms with Gasteiger partial charge in [-0.15, -0.1) is 0 Å². The Morgan fingerprint density at radius 1 is 0.818 bits per heavy atom. The van der Waals surface area contributed by atoms with Crippen molar-refractivity contribution in [2.75, 3.05) is 20.8 Å². The first-order chi connectivity index (χ1) is 15.9. The van der Waals surface area contributed by atoms with E-state index in [-0.39, 0.29) is 0 Å². The van der Waals surface area contributed by atoms with E-state index in [2.05, 4.69) is 60.7 Å². The highest BCUT2D eigenvalue weighted by atomic mass is 28.3. The first-order valence-electron chi connectivity index (χ1n) is 11.3. The Hall–Kier alpha value is -3.25. The van der Waals surface area contributed by atoms with Gasteiger partial charge < -0.3 is 18.8 Å². The summed E-state index contributed by atoms with van der Waals surface area (Å²) in [5.41, 5.74) is 5.40. The number of aromatic nitrogens is 2. The molecule has 0 bridgehead atoms. The number of ether oxygens (including phenoxy) is 3. The van der Waals surface area contributed by atoms with Crippen LogP contribution in [-0.2, 0) is 6.54 Å². The summed E-state index contributed by atoms with van der Waals surface area (Å²) >= 11 is 0. The first kappa shape index (κ1) is 22.9. The number of methoxy groups -OCH3 is 2. The molecule has 2 aromatic carbocycles. The highest BCUT2D eigenvalue weighted by Crippen LogP contribution is 2.32. The van der Waals surface area contributed by atoms with Gasteiger partial charge in [0.1, 0.15) is 17.0 Å². The average molecular weight is 461 g/mol. The summed E-state index contributed by atoms with van der Waals surface area (Å²) in [5, 5.41) is 0. The lowest BCUT2D eigenvalue weighted by molar-refractivity contribution is 0.326. The van der Waals surface area contributed by atoms with Crippen LogP contribution in [0.4, 0.5) is 0 Å². The van der Waals surface area contributed by atoms with Crippen LogP contribution in [0, 0.1) is 0 Å². The van der Waals surface area contributed by atoms with Gasteiger partial charge in [0.05, 0.1) is 26.3 Å². The second-order valence-electron chi connectivity index (χ2n) is 9.42. The molecule has 0 aliphatic rings. The SMILES string of the molecule is COc1ccc(Cn2cc(-c3ccc(OC)cc3)c3nc(OCC[Si](C)(C)C)ccc32)cc1. The van der Waals surface area contributed by atoms with Gasteiger partial charge in [-0.05, 0) is 47.5 Å². The zero-order valence-corrected chi connectivity index (χ0v) is 21.1. The minimum atomic E-state index is -1.16. The van der Waals surface area contributed by atoms with Crippen molar-refractivity contribution < 1.29 is 14.2 Å². The number of fused-ring (bicyclic) bond motifs is 1. The Balaban J connectivity index is 1.70. The van der Waals surface area contributed by atoms with E-state index in [1.807, 2.05) is 30.3 Å². The molecule has 0 atom stereocenters. The van der Waals surface area contributed by atoms with Gasteiger partial charge in [0.25, 0.3) is 0 Å². The van der Waals surface area contributed by atoms with Crippen molar-refractivity contribution in [3.8, 4) is 28.5 Å². The van der Waals surface area contributed by atoms with Crippen LogP contribution in [0.3, 0.4) is 0 Å². The van der Waals surface area contributed by atoms with E-state index in [0.29, 0.717) is 12.5 Å². The fourth-order valence-corrected chi connectivity index (χ4v) is 4.45. The van der Waals surface area contributed by atoms with E-state index in [9.17, 15) is 0 Å². The molecule has 172 valence electrons. The van der Waals surface area contributed by atoms with E-state index in [0.717, 1.165) is 46.2 Å². The van der Waals surface area contributed by atoms with Crippen LogP contribution in [0.5, 0.6) is 17.4 Å². The van der Waals surface area contributed by atoms with Crippen molar-refractivity contribution in [3.63, 3.8) is 0 Å². The van der Waals surface area contributed by atoms with Gasteiger partial charge in [0.15, 0.2) is 0 Å². The monoisotopic (exact) mass is 460 g/mol. The van der Waals surface area contributed by atoms with Crippen molar-refractivity contribution in [2.24, 2.45) is 0 Å². The van der Waals surface area contributed by atoms with Crippen molar-refractivity contribution in [1.29, 1.82) is 0 Å². The first-order valence-corrected chi connectivity index (χ1v) is 15.0. The predicted molar refractivity (Wildman–Crippen MR) is 137 cm³/mol. The fraction of sp³-hybridized carbons (Fsp3) is 0.296. The highest BCUT2D eigenvalue weighted by molar-refractivity contribution is 6.76. The van der Waals surface area contributed by atoms with Crippen LogP contribution < -0.4 is 14.2 Å². The van der Waals surface area contributed by atoms with Gasteiger partial charge in [-0.2, -0.15) is 0 Å². The Morgan fingerprint density at radius 2 is 1.45 bits per heavy atom. The number of hydrogen-bond acceptors (Lipinski definition) is 4. The maximum absolute atomic E-state index is 6.05. The van der Waals surface area contributed by atoms with Crippen LogP contribution >= 0.6 is 0 Å². The second kappa shape index (κ2) is 9.71. The standard InChI is InChI=1S/C27H32N2O3Si/c1-30-22-10-6-20(7-11-22)18-29-19-24(21-8-12-23(31-2)13-9-21)27-25(29)14-15-26(28-27)32-16-17-33(3,4)5/h6-15,19H,16-18H2,1-5H3. The number of hydrogen-bond donors (Lipinski definition) is 0. The normalized spacial score (nSPS) is 11.5. The molecule has 4 aromatic rings. The van der Waals surface area contributed by atoms with Gasteiger partial charge in [-0.25, -0.2) is 4.98 Å². The molecule has 6 heteroatoms. The van der Waals surface area contributed by atoms with E-state index in [1.165, 1.54) is 5.56 Å². The molecular formula is C27H32N2O3Si. The second-order valence-corrected chi connectivity index (χ2v) is 15.0. The third-order valence-corrected chi connectivity index (χ3v) is 7.42. The summed E-state index contributed by atoms with van der Waals surface area (Å²) < 4.78 is 18.9. The topological polar surface area (TPSA) is 45.5 Å². The van der Waals surface area contributed by atoms with E-state index >= 15 is 0 Å². The van der Waals surface area contributed by atoms with E-state index < -0.39 is 8.07 Å². The maximum Gasteiger partial charge on any atom is 0.213 e. The lowest BCUT2D eigenvalue weighted by Crippen LogP contribution is -2.22. The fourth-order valence-electron chi connectivity index (χ4n) is 3.73. The van der Waals surface area contributed by atoms with Crippen LogP contribution in [0.1, 0.15) is 5.56 Å². The third-order valence-electron chi connectivity index (χ3n) is 5.71. The molecule has 33 heavy (non-hydrogen) atoms. The molecule has 5 nitrogen and oxygen atoms in total. The van der Waals surface area contributed by atoms with Crippen molar-refractivity contribution in [1.82, 2.24) is 9.55 Å². The van der Waals surface area contributed by atoms with Crippen molar-refractivity contribution in [2.45, 2.75) is 32.2 Å². The number of pyridine rings is 1. The van der Waals surface area contributed by atoms with Gasteiger partial charge in [0.2, 0.25) is 5.88 Å². The van der Waals surface area contributed by atoms with E-state index in [4.69, 9.17) is 19.2 Å². The molecule has 0 amide bonds. The molecule has 0 unspecified atom stereocenters. The van der Waals surface area contributed by atoms with Gasteiger partial charge in [-0.3, -0.25) is 0 Å². The van der Waals surface area contributed by atoms with Gasteiger partial charge >= 0.3 is 0 Å². The zero-order chi connectivity index (χ0) is 23.4. The molecule has 2 heterocycles. The van der Waals surface area contributed by atoms with Gasteiger partial charge in [-0.1, -0.05) is 43.9 Å². The molecule has 0 spiro atoms. The zero-order valence-electron chi connectivity index (χ0n) is 20.1. The third kappa shape index (κ3) is 5.57. The average Bonchev–Trinajstić information content (AvgIpc) is 3.16. The number of benzene rings is 2. The minimum Gasteiger partial charge on any atom is -0.497 e. The number of rotatable bonds is 9. The summed E-state index contributed by atoms with van der Waals surface area (Å²) in [7, 11) is 2.21. The Morgan fingerprint density at radius 3 is 2.06 bits per heavy atom. The Labute approximate surface area is 197 Å². The van der Waals surface area contributed by atoms with Crippen LogP contribution in [0.2, 0.25) is 25.7 Å². The quantitative estimate of drug-likeness (QED) is 0.268. The molecule has 0 fully saturated rings. The minimum absolute atomic E-state index is 0.678. The molecule has 0 radical (unpaired) electrons. The maximum atomic E-state index is 6.05. The molecule has 0 saturated carbocycles. The predicted octanol–water partition coefficient (Wildman–Crippen LogP) is 6.49. The largest absolute Gasteiger partial charge is 0.497 e. The Kier molecular flexibility index (Phi) is 6.74. The molecule has 4 rings (SSSR count). The lowest BCUT2D eigenvalue weighted by Gasteiger charge is -2.15. The summed E-state index contributed by atoms with van der Waals surface area (Å²) in [6.07, 6.45) is 2.18.